The second-order valence-electron chi connectivity index (χ2n) is 6.37. The van der Waals surface area contributed by atoms with Gasteiger partial charge in [0, 0.05) is 5.02 Å². The summed E-state index contributed by atoms with van der Waals surface area (Å²) in [5.41, 5.74) is 0.117. The number of rotatable bonds is 6. The Labute approximate surface area is 185 Å². The summed E-state index contributed by atoms with van der Waals surface area (Å²) in [6.45, 7) is 0. The largest absolute Gasteiger partial charge is 0.493 e. The Hall–Kier alpha value is -2.72. The maximum atomic E-state index is 12.9. The molecule has 1 N–H and O–H groups in total. The first-order chi connectivity index (χ1) is 14.7. The number of hydrogen-bond donors (Lipinski definition) is 1. The molecule has 2 aromatic rings. The molecule has 1 unspecified atom stereocenters. The minimum absolute atomic E-state index is 0.0255. The molecule has 0 spiro atoms. The fourth-order valence-corrected chi connectivity index (χ4v) is 3.92. The third-order valence-electron chi connectivity index (χ3n) is 4.32. The van der Waals surface area contributed by atoms with E-state index in [-0.39, 0.29) is 28.1 Å². The molecular weight excluding hydrogens is 455 g/mol. The number of halogens is 4. The third kappa shape index (κ3) is 5.71. The predicted molar refractivity (Wildman–Crippen MR) is 114 cm³/mol. The molecule has 0 aliphatic carbocycles. The van der Waals surface area contributed by atoms with Crippen molar-refractivity contribution in [1.82, 2.24) is 5.32 Å². The van der Waals surface area contributed by atoms with Gasteiger partial charge < -0.3 is 14.8 Å². The van der Waals surface area contributed by atoms with Crippen molar-refractivity contribution >= 4 is 40.7 Å². The van der Waals surface area contributed by atoms with Crippen molar-refractivity contribution in [1.29, 1.82) is 0 Å². The van der Waals surface area contributed by atoms with Gasteiger partial charge in [0.2, 0.25) is 5.91 Å². The molecule has 6 nitrogen and oxygen atoms in total. The molecule has 11 heteroatoms. The highest BCUT2D eigenvalue weighted by Gasteiger charge is 2.34. The van der Waals surface area contributed by atoms with Crippen LogP contribution in [-0.2, 0) is 17.4 Å². The van der Waals surface area contributed by atoms with Crippen LogP contribution >= 0.6 is 23.4 Å². The van der Waals surface area contributed by atoms with Crippen molar-refractivity contribution in [2.24, 2.45) is 10.2 Å². The third-order valence-corrected chi connectivity index (χ3v) is 5.76. The number of alkyl halides is 3. The number of methoxy groups -OCH3 is 2. The van der Waals surface area contributed by atoms with E-state index in [1.165, 1.54) is 26.5 Å². The Kier molecular flexibility index (Phi) is 7.11. The predicted octanol–water partition coefficient (Wildman–Crippen LogP) is 4.54. The van der Waals surface area contributed by atoms with Crippen molar-refractivity contribution in [3.05, 3.63) is 58.1 Å². The lowest BCUT2D eigenvalue weighted by Gasteiger charge is -2.12. The second kappa shape index (κ2) is 9.61. The van der Waals surface area contributed by atoms with Crippen LogP contribution in [0.25, 0.3) is 0 Å². The van der Waals surface area contributed by atoms with E-state index in [1.807, 2.05) is 0 Å². The summed E-state index contributed by atoms with van der Waals surface area (Å²) in [5.74, 6) is 0.722. The minimum Gasteiger partial charge on any atom is -0.493 e. The van der Waals surface area contributed by atoms with E-state index in [0.717, 1.165) is 23.9 Å². The van der Waals surface area contributed by atoms with Gasteiger partial charge in [-0.3, -0.25) is 4.79 Å². The number of amides is 1. The second-order valence-corrected chi connectivity index (χ2v) is 7.97. The fourth-order valence-electron chi connectivity index (χ4n) is 2.77. The zero-order valence-corrected chi connectivity index (χ0v) is 17.9. The summed E-state index contributed by atoms with van der Waals surface area (Å²) >= 11 is 7.10. The number of thioether (sulfide) groups is 1. The van der Waals surface area contributed by atoms with E-state index in [2.05, 4.69) is 15.5 Å². The SMILES string of the molecule is COc1ccc(/C=N/N=C2\NC(=O)C(Cc3cc(C(F)(F)F)ccc3Cl)S2)cc1OC. The molecule has 1 aliphatic rings. The first-order valence-corrected chi connectivity index (χ1v) is 10.1. The van der Waals surface area contributed by atoms with Gasteiger partial charge in [0.1, 0.15) is 0 Å². The lowest BCUT2D eigenvalue weighted by atomic mass is 10.1. The van der Waals surface area contributed by atoms with Crippen LogP contribution in [0.1, 0.15) is 16.7 Å². The first kappa shape index (κ1) is 23.0. The first-order valence-electron chi connectivity index (χ1n) is 8.87. The van der Waals surface area contributed by atoms with E-state index in [1.54, 1.807) is 18.2 Å². The van der Waals surface area contributed by atoms with Crippen molar-refractivity contribution in [2.75, 3.05) is 14.2 Å². The Morgan fingerprint density at radius 2 is 1.90 bits per heavy atom. The average molecular weight is 472 g/mol. The summed E-state index contributed by atoms with van der Waals surface area (Å²) in [6, 6.07) is 8.23. The van der Waals surface area contributed by atoms with Crippen LogP contribution in [0.2, 0.25) is 5.02 Å². The molecule has 1 heterocycles. The van der Waals surface area contributed by atoms with Crippen molar-refractivity contribution in [3.63, 3.8) is 0 Å². The normalized spacial score (nSPS) is 17.9. The molecule has 2 aromatic carbocycles. The number of nitrogens with zero attached hydrogens (tertiary/aromatic N) is 2. The molecule has 1 saturated heterocycles. The average Bonchev–Trinajstić information content (AvgIpc) is 3.07. The molecule has 31 heavy (non-hydrogen) atoms. The van der Waals surface area contributed by atoms with Gasteiger partial charge >= 0.3 is 6.18 Å². The maximum Gasteiger partial charge on any atom is 0.416 e. The molecule has 0 aromatic heterocycles. The number of nitrogens with one attached hydrogen (secondary N) is 1. The van der Waals surface area contributed by atoms with Gasteiger partial charge in [0.25, 0.3) is 0 Å². The summed E-state index contributed by atoms with van der Waals surface area (Å²) in [6.07, 6.45) is -2.99. The molecule has 0 radical (unpaired) electrons. The van der Waals surface area contributed by atoms with E-state index < -0.39 is 17.0 Å². The summed E-state index contributed by atoms with van der Waals surface area (Å²) < 4.78 is 49.2. The Morgan fingerprint density at radius 3 is 2.58 bits per heavy atom. The standard InChI is InChI=1S/C20H17ClF3N3O3S/c1-29-15-6-3-11(7-16(15)30-2)10-25-27-19-26-18(28)17(31-19)9-12-8-13(20(22,23)24)4-5-14(12)21/h3-8,10,17H,9H2,1-2H3,(H,26,27,28)/b25-10+. The molecule has 1 fully saturated rings. The molecule has 164 valence electrons. The van der Waals surface area contributed by atoms with E-state index in [0.29, 0.717) is 17.1 Å². The molecule has 0 saturated carbocycles. The molecule has 1 atom stereocenters. The highest BCUT2D eigenvalue weighted by atomic mass is 35.5. The van der Waals surface area contributed by atoms with Gasteiger partial charge in [-0.05, 0) is 53.9 Å². The quantitative estimate of drug-likeness (QED) is 0.496. The lowest BCUT2D eigenvalue weighted by molar-refractivity contribution is -0.137. The van der Waals surface area contributed by atoms with Gasteiger partial charge in [-0.15, -0.1) is 5.10 Å². The lowest BCUT2D eigenvalue weighted by Crippen LogP contribution is -2.26. The smallest absolute Gasteiger partial charge is 0.416 e. The van der Waals surface area contributed by atoms with Crippen LogP contribution in [0.3, 0.4) is 0 Å². The van der Waals surface area contributed by atoms with Gasteiger partial charge in [-0.25, -0.2) is 0 Å². The number of hydrogen-bond acceptors (Lipinski definition) is 6. The summed E-state index contributed by atoms with van der Waals surface area (Å²) in [7, 11) is 3.04. The van der Waals surface area contributed by atoms with Gasteiger partial charge in [-0.1, -0.05) is 23.4 Å². The van der Waals surface area contributed by atoms with Crippen molar-refractivity contribution in [3.8, 4) is 11.5 Å². The number of benzene rings is 2. The fraction of sp³-hybridized carbons (Fsp3) is 0.250. The summed E-state index contributed by atoms with van der Waals surface area (Å²) in [4.78, 5) is 12.2. The molecule has 1 aliphatic heterocycles. The Bertz CT molecular complexity index is 1040. The molecule has 1 amide bonds. The highest BCUT2D eigenvalue weighted by molar-refractivity contribution is 8.15. The van der Waals surface area contributed by atoms with Crippen LogP contribution in [0.4, 0.5) is 13.2 Å². The Morgan fingerprint density at radius 1 is 1.16 bits per heavy atom. The van der Waals surface area contributed by atoms with Gasteiger partial charge in [-0.2, -0.15) is 18.3 Å². The van der Waals surface area contributed by atoms with Crippen LogP contribution in [0.15, 0.2) is 46.6 Å². The van der Waals surface area contributed by atoms with Gasteiger partial charge in [0.15, 0.2) is 16.7 Å². The zero-order chi connectivity index (χ0) is 22.6. The monoisotopic (exact) mass is 471 g/mol. The highest BCUT2D eigenvalue weighted by Crippen LogP contribution is 2.34. The van der Waals surface area contributed by atoms with Crippen molar-refractivity contribution < 1.29 is 27.4 Å². The molecular formula is C20H17ClF3N3O3S. The van der Waals surface area contributed by atoms with Crippen LogP contribution < -0.4 is 14.8 Å². The zero-order valence-electron chi connectivity index (χ0n) is 16.4. The Balaban J connectivity index is 1.69. The number of amidine groups is 1. The maximum absolute atomic E-state index is 12.9. The van der Waals surface area contributed by atoms with Crippen molar-refractivity contribution in [2.45, 2.75) is 17.8 Å². The van der Waals surface area contributed by atoms with Crippen LogP contribution in [0.5, 0.6) is 11.5 Å². The number of carbonyl (C=O) groups is 1. The topological polar surface area (TPSA) is 72.3 Å². The van der Waals surface area contributed by atoms with E-state index in [4.69, 9.17) is 21.1 Å². The van der Waals surface area contributed by atoms with Gasteiger partial charge in [0.05, 0.1) is 31.2 Å². The number of ether oxygens (including phenoxy) is 2. The molecule has 0 bridgehead atoms. The molecule has 3 rings (SSSR count). The minimum atomic E-state index is -4.49. The van der Waals surface area contributed by atoms with E-state index >= 15 is 0 Å². The van der Waals surface area contributed by atoms with Crippen LogP contribution in [0, 0.1) is 0 Å². The van der Waals surface area contributed by atoms with E-state index in [9.17, 15) is 18.0 Å². The number of carbonyl (C=O) groups excluding carboxylic acids is 1. The van der Waals surface area contributed by atoms with Crippen LogP contribution in [-0.4, -0.2) is 36.8 Å². The summed E-state index contributed by atoms with van der Waals surface area (Å²) in [5, 5.41) is 10.2.